The molecule has 1 aliphatic rings. The number of amides is 1. The fourth-order valence-corrected chi connectivity index (χ4v) is 3.54. The zero-order valence-electron chi connectivity index (χ0n) is 15.5. The smallest absolute Gasteiger partial charge is 0.339 e. The van der Waals surface area contributed by atoms with E-state index in [0.717, 1.165) is 23.1 Å². The maximum atomic E-state index is 12.6. The second-order valence-electron chi connectivity index (χ2n) is 6.82. The third-order valence-corrected chi connectivity index (χ3v) is 5.04. The van der Waals surface area contributed by atoms with Gasteiger partial charge in [-0.25, -0.2) is 4.79 Å². The van der Waals surface area contributed by atoms with Crippen molar-refractivity contribution in [1.29, 1.82) is 0 Å². The first kappa shape index (κ1) is 18.0. The summed E-state index contributed by atoms with van der Waals surface area (Å²) in [6.45, 7) is 0.964. The van der Waals surface area contributed by atoms with E-state index in [4.69, 9.17) is 4.74 Å². The Bertz CT molecular complexity index is 997. The van der Waals surface area contributed by atoms with Crippen molar-refractivity contribution >= 4 is 11.9 Å². The van der Waals surface area contributed by atoms with Gasteiger partial charge in [0.15, 0.2) is 6.61 Å². The molecule has 1 amide bonds. The lowest BCUT2D eigenvalue weighted by Crippen LogP contribution is -2.38. The van der Waals surface area contributed by atoms with E-state index in [-0.39, 0.29) is 12.5 Å². The first-order chi connectivity index (χ1) is 13.7. The lowest BCUT2D eigenvalue weighted by atomic mass is 10.00. The SMILES string of the molecule is O=C(OCC(=O)N1CCc2ccccc2C1)c1ccccc1-c1ccccc1. The Morgan fingerprint density at radius 1 is 0.821 bits per heavy atom. The van der Waals surface area contributed by atoms with Crippen molar-refractivity contribution in [3.8, 4) is 11.1 Å². The molecule has 3 aromatic carbocycles. The first-order valence-electron chi connectivity index (χ1n) is 9.38. The summed E-state index contributed by atoms with van der Waals surface area (Å²) in [6.07, 6.45) is 0.826. The number of hydrogen-bond donors (Lipinski definition) is 0. The standard InChI is InChI=1S/C24H21NO3/c26-23(25-15-14-18-8-4-5-11-20(18)16-25)17-28-24(27)22-13-7-6-12-21(22)19-9-2-1-3-10-19/h1-13H,14-17H2. The molecule has 0 spiro atoms. The van der Waals surface area contributed by atoms with Crippen LogP contribution in [0.25, 0.3) is 11.1 Å². The largest absolute Gasteiger partial charge is 0.452 e. The summed E-state index contributed by atoms with van der Waals surface area (Å²) in [5.41, 5.74) is 4.63. The van der Waals surface area contributed by atoms with E-state index < -0.39 is 5.97 Å². The van der Waals surface area contributed by atoms with Crippen molar-refractivity contribution in [2.75, 3.05) is 13.2 Å². The van der Waals surface area contributed by atoms with Gasteiger partial charge in [0.25, 0.3) is 5.91 Å². The molecule has 1 aliphatic heterocycles. The van der Waals surface area contributed by atoms with Crippen molar-refractivity contribution in [2.45, 2.75) is 13.0 Å². The van der Waals surface area contributed by atoms with Crippen LogP contribution in [-0.2, 0) is 22.5 Å². The van der Waals surface area contributed by atoms with E-state index in [1.54, 1.807) is 17.0 Å². The molecule has 0 saturated heterocycles. The normalized spacial score (nSPS) is 12.9. The van der Waals surface area contributed by atoms with E-state index in [1.807, 2.05) is 60.7 Å². The number of carbonyl (C=O) groups excluding carboxylic acids is 2. The molecule has 0 N–H and O–H groups in total. The van der Waals surface area contributed by atoms with E-state index in [0.29, 0.717) is 18.7 Å². The number of esters is 1. The molecule has 0 aliphatic carbocycles. The molecule has 0 fully saturated rings. The molecule has 140 valence electrons. The van der Waals surface area contributed by atoms with Crippen LogP contribution < -0.4 is 0 Å². The number of ether oxygens (including phenoxy) is 1. The minimum atomic E-state index is -0.481. The second-order valence-corrected chi connectivity index (χ2v) is 6.82. The predicted octanol–water partition coefficient (Wildman–Crippen LogP) is 4.10. The fourth-order valence-electron chi connectivity index (χ4n) is 3.54. The summed E-state index contributed by atoms with van der Waals surface area (Å²) >= 11 is 0. The van der Waals surface area contributed by atoms with Gasteiger partial charge in [0, 0.05) is 13.1 Å². The van der Waals surface area contributed by atoms with Crippen molar-refractivity contribution in [2.24, 2.45) is 0 Å². The summed E-state index contributed by atoms with van der Waals surface area (Å²) in [7, 11) is 0. The number of rotatable bonds is 4. The van der Waals surface area contributed by atoms with Gasteiger partial charge in [-0.1, -0.05) is 72.8 Å². The highest BCUT2D eigenvalue weighted by molar-refractivity contribution is 5.98. The van der Waals surface area contributed by atoms with Gasteiger partial charge in [0.05, 0.1) is 5.56 Å². The Balaban J connectivity index is 1.42. The van der Waals surface area contributed by atoms with Gasteiger partial charge in [-0.2, -0.15) is 0 Å². The molecule has 0 radical (unpaired) electrons. The summed E-state index contributed by atoms with van der Waals surface area (Å²) in [5, 5.41) is 0. The van der Waals surface area contributed by atoms with Gasteiger partial charge in [0.2, 0.25) is 0 Å². The average molecular weight is 371 g/mol. The van der Waals surface area contributed by atoms with Crippen LogP contribution in [0.2, 0.25) is 0 Å². The maximum absolute atomic E-state index is 12.6. The zero-order chi connectivity index (χ0) is 19.3. The van der Waals surface area contributed by atoms with Crippen molar-refractivity contribution in [3.63, 3.8) is 0 Å². The van der Waals surface area contributed by atoms with E-state index in [2.05, 4.69) is 6.07 Å². The highest BCUT2D eigenvalue weighted by Gasteiger charge is 2.22. The van der Waals surface area contributed by atoms with Crippen LogP contribution in [-0.4, -0.2) is 29.9 Å². The minimum absolute atomic E-state index is 0.167. The van der Waals surface area contributed by atoms with E-state index in [9.17, 15) is 9.59 Å². The van der Waals surface area contributed by atoms with Crippen molar-refractivity contribution in [3.05, 3.63) is 95.6 Å². The highest BCUT2D eigenvalue weighted by Crippen LogP contribution is 2.24. The Labute approximate surface area is 164 Å². The zero-order valence-corrected chi connectivity index (χ0v) is 15.5. The monoisotopic (exact) mass is 371 g/mol. The molecule has 3 aromatic rings. The molecule has 0 bridgehead atoms. The van der Waals surface area contributed by atoms with E-state index >= 15 is 0 Å². The van der Waals surface area contributed by atoms with Crippen LogP contribution >= 0.6 is 0 Å². The highest BCUT2D eigenvalue weighted by atomic mass is 16.5. The fraction of sp³-hybridized carbons (Fsp3) is 0.167. The molecule has 0 atom stereocenters. The Morgan fingerprint density at radius 3 is 2.32 bits per heavy atom. The summed E-state index contributed by atoms with van der Waals surface area (Å²) in [6, 6.07) is 25.1. The number of benzene rings is 3. The van der Waals surface area contributed by atoms with Crippen molar-refractivity contribution < 1.29 is 14.3 Å². The molecule has 4 heteroatoms. The molecule has 1 heterocycles. The van der Waals surface area contributed by atoms with Crippen LogP contribution in [0.5, 0.6) is 0 Å². The number of fused-ring (bicyclic) bond motifs is 1. The number of hydrogen-bond acceptors (Lipinski definition) is 3. The summed E-state index contributed by atoms with van der Waals surface area (Å²) < 4.78 is 5.36. The quantitative estimate of drug-likeness (QED) is 0.649. The third kappa shape index (κ3) is 3.81. The maximum Gasteiger partial charge on any atom is 0.339 e. The van der Waals surface area contributed by atoms with Gasteiger partial charge in [-0.15, -0.1) is 0 Å². The Morgan fingerprint density at radius 2 is 1.50 bits per heavy atom. The molecule has 0 saturated carbocycles. The predicted molar refractivity (Wildman–Crippen MR) is 108 cm³/mol. The molecule has 0 unspecified atom stereocenters. The molecular weight excluding hydrogens is 350 g/mol. The van der Waals surface area contributed by atoms with Crippen LogP contribution in [0.1, 0.15) is 21.5 Å². The molecular formula is C24H21NO3. The van der Waals surface area contributed by atoms with Crippen LogP contribution in [0.15, 0.2) is 78.9 Å². The van der Waals surface area contributed by atoms with Gasteiger partial charge < -0.3 is 9.64 Å². The van der Waals surface area contributed by atoms with Gasteiger partial charge in [-0.3, -0.25) is 4.79 Å². The van der Waals surface area contributed by atoms with Gasteiger partial charge in [0.1, 0.15) is 0 Å². The van der Waals surface area contributed by atoms with Crippen LogP contribution in [0, 0.1) is 0 Å². The molecule has 4 nitrogen and oxygen atoms in total. The molecule has 0 aromatic heterocycles. The average Bonchev–Trinajstić information content (AvgIpc) is 2.77. The van der Waals surface area contributed by atoms with Crippen LogP contribution in [0.3, 0.4) is 0 Å². The summed E-state index contributed by atoms with van der Waals surface area (Å²) in [5.74, 6) is -0.648. The number of carbonyl (C=O) groups is 2. The van der Waals surface area contributed by atoms with Crippen LogP contribution in [0.4, 0.5) is 0 Å². The van der Waals surface area contributed by atoms with Gasteiger partial charge >= 0.3 is 5.97 Å². The van der Waals surface area contributed by atoms with E-state index in [1.165, 1.54) is 5.56 Å². The second kappa shape index (κ2) is 8.09. The minimum Gasteiger partial charge on any atom is -0.452 e. The summed E-state index contributed by atoms with van der Waals surface area (Å²) in [4.78, 5) is 26.9. The van der Waals surface area contributed by atoms with Crippen molar-refractivity contribution in [1.82, 2.24) is 4.90 Å². The Kier molecular flexibility index (Phi) is 5.20. The number of nitrogens with zero attached hydrogens (tertiary/aromatic N) is 1. The topological polar surface area (TPSA) is 46.6 Å². The third-order valence-electron chi connectivity index (χ3n) is 5.04. The molecule has 4 rings (SSSR count). The lowest BCUT2D eigenvalue weighted by Gasteiger charge is -2.28. The van der Waals surface area contributed by atoms with Gasteiger partial charge in [-0.05, 0) is 34.7 Å². The molecule has 28 heavy (non-hydrogen) atoms. The first-order valence-corrected chi connectivity index (χ1v) is 9.38. The Hall–Kier alpha value is -3.40. The lowest BCUT2D eigenvalue weighted by molar-refractivity contribution is -0.135.